The summed E-state index contributed by atoms with van der Waals surface area (Å²) in [6, 6.07) is 4.15. The first-order valence-electron chi connectivity index (χ1n) is 5.99. The van der Waals surface area contributed by atoms with Gasteiger partial charge in [0.25, 0.3) is 0 Å². The summed E-state index contributed by atoms with van der Waals surface area (Å²) < 4.78 is 1.99. The molecule has 0 amide bonds. The van der Waals surface area contributed by atoms with E-state index >= 15 is 0 Å². The van der Waals surface area contributed by atoms with E-state index in [1.165, 1.54) is 4.88 Å². The average molecular weight is 262 g/mol. The molecule has 18 heavy (non-hydrogen) atoms. The number of hydrogen-bond acceptors (Lipinski definition) is 3. The molecule has 1 aliphatic heterocycles. The normalized spacial score (nSPS) is 18.6. The van der Waals surface area contributed by atoms with Crippen LogP contribution in [0.3, 0.4) is 0 Å². The average Bonchev–Trinajstić information content (AvgIpc) is 2.93. The number of hydrogen-bond donors (Lipinski definition) is 1. The lowest BCUT2D eigenvalue weighted by molar-refractivity contribution is -0.142. The van der Waals surface area contributed by atoms with Gasteiger partial charge in [-0.1, -0.05) is 0 Å². The largest absolute Gasteiger partial charge is 0.481 e. The van der Waals surface area contributed by atoms with Crippen molar-refractivity contribution in [2.45, 2.75) is 26.3 Å². The maximum absolute atomic E-state index is 11.0. The molecule has 1 unspecified atom stereocenters. The van der Waals surface area contributed by atoms with Gasteiger partial charge in [0.2, 0.25) is 0 Å². The van der Waals surface area contributed by atoms with Gasteiger partial charge in [0, 0.05) is 24.0 Å². The minimum atomic E-state index is -0.706. The van der Waals surface area contributed by atoms with Crippen LogP contribution in [0.2, 0.25) is 0 Å². The number of nitrogens with zero attached hydrogens (tertiary/aromatic N) is 2. The Kier molecular flexibility index (Phi) is 2.70. The SMILES string of the molecule is Cc1ccc(-c2cn3c(n2)CCC(C(=O)O)C3)s1. The molecular formula is C13H14N2O2S. The molecule has 2 aromatic rings. The maximum atomic E-state index is 11.0. The molecule has 5 heteroatoms. The molecule has 0 saturated heterocycles. The van der Waals surface area contributed by atoms with E-state index in [4.69, 9.17) is 5.11 Å². The second kappa shape index (κ2) is 4.24. The lowest BCUT2D eigenvalue weighted by Gasteiger charge is -2.19. The van der Waals surface area contributed by atoms with Crippen LogP contribution in [-0.4, -0.2) is 20.6 Å². The number of aromatic nitrogens is 2. The van der Waals surface area contributed by atoms with Crippen molar-refractivity contribution < 1.29 is 9.90 Å². The third-order valence-corrected chi connectivity index (χ3v) is 4.36. The van der Waals surface area contributed by atoms with Gasteiger partial charge in [-0.3, -0.25) is 4.79 Å². The highest BCUT2D eigenvalue weighted by Gasteiger charge is 2.25. The van der Waals surface area contributed by atoms with Crippen molar-refractivity contribution >= 4 is 17.3 Å². The zero-order valence-corrected chi connectivity index (χ0v) is 10.9. The summed E-state index contributed by atoms with van der Waals surface area (Å²) >= 11 is 1.72. The second-order valence-corrected chi connectivity index (χ2v) is 5.97. The Morgan fingerprint density at radius 3 is 3.06 bits per heavy atom. The topological polar surface area (TPSA) is 55.1 Å². The predicted octanol–water partition coefficient (Wildman–Crippen LogP) is 2.57. The number of carbonyl (C=O) groups is 1. The standard InChI is InChI=1S/C13H14N2O2S/c1-8-2-4-11(18-8)10-7-15-6-9(13(16)17)3-5-12(15)14-10/h2,4,7,9H,3,5-6H2,1H3,(H,16,17). The Hall–Kier alpha value is -1.62. The molecular weight excluding hydrogens is 248 g/mol. The van der Waals surface area contributed by atoms with E-state index in [-0.39, 0.29) is 5.92 Å². The zero-order valence-electron chi connectivity index (χ0n) is 10.1. The van der Waals surface area contributed by atoms with Gasteiger partial charge in [-0.05, 0) is 25.5 Å². The van der Waals surface area contributed by atoms with Crippen LogP contribution in [0.25, 0.3) is 10.6 Å². The van der Waals surface area contributed by atoms with E-state index in [1.54, 1.807) is 11.3 Å². The van der Waals surface area contributed by atoms with Crippen molar-refractivity contribution in [3.8, 4) is 10.6 Å². The van der Waals surface area contributed by atoms with E-state index < -0.39 is 5.97 Å². The Bertz CT molecular complexity index is 600. The van der Waals surface area contributed by atoms with Gasteiger partial charge in [-0.25, -0.2) is 4.98 Å². The number of aryl methyl sites for hydroxylation is 2. The van der Waals surface area contributed by atoms with Crippen molar-refractivity contribution in [3.05, 3.63) is 29.0 Å². The number of imidazole rings is 1. The predicted molar refractivity (Wildman–Crippen MR) is 69.7 cm³/mol. The van der Waals surface area contributed by atoms with Crippen LogP contribution in [0, 0.1) is 12.8 Å². The highest BCUT2D eigenvalue weighted by atomic mass is 32.1. The molecule has 0 aliphatic carbocycles. The zero-order chi connectivity index (χ0) is 12.7. The van der Waals surface area contributed by atoms with Gasteiger partial charge in [0.05, 0.1) is 16.5 Å². The highest BCUT2D eigenvalue weighted by Crippen LogP contribution is 2.29. The molecule has 94 valence electrons. The minimum absolute atomic E-state index is 0.273. The van der Waals surface area contributed by atoms with Gasteiger partial charge in [-0.15, -0.1) is 11.3 Å². The summed E-state index contributed by atoms with van der Waals surface area (Å²) in [6.07, 6.45) is 3.42. The van der Waals surface area contributed by atoms with Gasteiger partial charge < -0.3 is 9.67 Å². The molecule has 0 fully saturated rings. The lowest BCUT2D eigenvalue weighted by atomic mass is 10.00. The molecule has 1 atom stereocenters. The summed E-state index contributed by atoms with van der Waals surface area (Å²) in [5, 5.41) is 9.06. The first kappa shape index (κ1) is 11.5. The van der Waals surface area contributed by atoms with Crippen LogP contribution in [0.15, 0.2) is 18.3 Å². The molecule has 3 rings (SSSR count). The molecule has 0 spiro atoms. The highest BCUT2D eigenvalue weighted by molar-refractivity contribution is 7.15. The molecule has 0 bridgehead atoms. The Labute approximate surface area is 109 Å². The van der Waals surface area contributed by atoms with Crippen LogP contribution >= 0.6 is 11.3 Å². The monoisotopic (exact) mass is 262 g/mol. The van der Waals surface area contributed by atoms with Gasteiger partial charge in [-0.2, -0.15) is 0 Å². The van der Waals surface area contributed by atoms with Crippen LogP contribution in [-0.2, 0) is 17.8 Å². The van der Waals surface area contributed by atoms with Crippen LogP contribution in [0.4, 0.5) is 0 Å². The first-order valence-corrected chi connectivity index (χ1v) is 6.81. The van der Waals surface area contributed by atoms with Crippen molar-refractivity contribution in [3.63, 3.8) is 0 Å². The Morgan fingerprint density at radius 1 is 1.56 bits per heavy atom. The summed E-state index contributed by atoms with van der Waals surface area (Å²) in [6.45, 7) is 2.62. The molecule has 3 heterocycles. The number of aliphatic carboxylic acids is 1. The van der Waals surface area contributed by atoms with Crippen molar-refractivity contribution in [1.82, 2.24) is 9.55 Å². The van der Waals surface area contributed by atoms with Gasteiger partial charge >= 0.3 is 5.97 Å². The number of fused-ring (bicyclic) bond motifs is 1. The smallest absolute Gasteiger partial charge is 0.308 e. The van der Waals surface area contributed by atoms with Gasteiger partial charge in [0.1, 0.15) is 5.82 Å². The van der Waals surface area contributed by atoms with Crippen molar-refractivity contribution in [2.75, 3.05) is 0 Å². The fourth-order valence-electron chi connectivity index (χ4n) is 2.34. The van der Waals surface area contributed by atoms with Crippen molar-refractivity contribution in [2.24, 2.45) is 5.92 Å². The summed E-state index contributed by atoms with van der Waals surface area (Å²) in [7, 11) is 0. The van der Waals surface area contributed by atoms with E-state index in [1.807, 2.05) is 10.8 Å². The van der Waals surface area contributed by atoms with E-state index in [0.717, 1.165) is 22.8 Å². The first-order chi connectivity index (χ1) is 8.63. The molecule has 2 aromatic heterocycles. The summed E-state index contributed by atoms with van der Waals surface area (Å²) in [5.41, 5.74) is 0.967. The molecule has 1 N–H and O–H groups in total. The van der Waals surface area contributed by atoms with E-state index in [0.29, 0.717) is 13.0 Å². The maximum Gasteiger partial charge on any atom is 0.308 e. The third kappa shape index (κ3) is 1.95. The molecule has 1 aliphatic rings. The minimum Gasteiger partial charge on any atom is -0.481 e. The fraction of sp³-hybridized carbons (Fsp3) is 0.385. The quantitative estimate of drug-likeness (QED) is 0.905. The van der Waals surface area contributed by atoms with Gasteiger partial charge in [0.15, 0.2) is 0 Å². The van der Waals surface area contributed by atoms with Crippen molar-refractivity contribution in [1.29, 1.82) is 0 Å². The summed E-state index contributed by atoms with van der Waals surface area (Å²) in [5.74, 6) is 0.0287. The molecule has 0 saturated carbocycles. The van der Waals surface area contributed by atoms with Crippen LogP contribution in [0.5, 0.6) is 0 Å². The van der Waals surface area contributed by atoms with Crippen LogP contribution < -0.4 is 0 Å². The third-order valence-electron chi connectivity index (χ3n) is 3.33. The molecule has 4 nitrogen and oxygen atoms in total. The number of carboxylic acid groups (broad SMARTS) is 1. The lowest BCUT2D eigenvalue weighted by Crippen LogP contribution is -2.26. The Morgan fingerprint density at radius 2 is 2.39 bits per heavy atom. The van der Waals surface area contributed by atoms with E-state index in [9.17, 15) is 4.79 Å². The number of thiophene rings is 1. The number of rotatable bonds is 2. The molecule has 0 aromatic carbocycles. The van der Waals surface area contributed by atoms with Crippen LogP contribution in [0.1, 0.15) is 17.1 Å². The Balaban J connectivity index is 1.91. The molecule has 0 radical (unpaired) electrons. The fourth-order valence-corrected chi connectivity index (χ4v) is 3.16. The second-order valence-electron chi connectivity index (χ2n) is 4.68. The van der Waals surface area contributed by atoms with E-state index in [2.05, 4.69) is 24.0 Å². The number of carboxylic acids is 1. The summed E-state index contributed by atoms with van der Waals surface area (Å²) in [4.78, 5) is 18.0.